The number of nitrogens with zero attached hydrogens (tertiary/aromatic N) is 3. The molecule has 0 amide bonds. The summed E-state index contributed by atoms with van der Waals surface area (Å²) in [6.07, 6.45) is 3.02. The van der Waals surface area contributed by atoms with Gasteiger partial charge in [-0.05, 0) is 19.3 Å². The van der Waals surface area contributed by atoms with Crippen LogP contribution in [0.3, 0.4) is 0 Å². The number of hydrogen-bond acceptors (Lipinski definition) is 3. The Balaban J connectivity index is 2.45. The van der Waals surface area contributed by atoms with E-state index in [9.17, 15) is 5.11 Å². The van der Waals surface area contributed by atoms with E-state index < -0.39 is 0 Å². The van der Waals surface area contributed by atoms with Crippen LogP contribution < -0.4 is 0 Å². The van der Waals surface area contributed by atoms with Crippen molar-refractivity contribution in [1.82, 2.24) is 14.8 Å². The summed E-state index contributed by atoms with van der Waals surface area (Å²) in [7, 11) is 1.89. The summed E-state index contributed by atoms with van der Waals surface area (Å²) in [5.74, 6) is 1.43. The van der Waals surface area contributed by atoms with E-state index >= 15 is 0 Å². The molecule has 13 heavy (non-hydrogen) atoms. The van der Waals surface area contributed by atoms with E-state index in [1.54, 1.807) is 11.0 Å². The lowest BCUT2D eigenvalue weighted by atomic mass is 10.0. The zero-order valence-corrected chi connectivity index (χ0v) is 8.44. The van der Waals surface area contributed by atoms with Crippen LogP contribution in [-0.4, -0.2) is 26.0 Å². The van der Waals surface area contributed by atoms with Gasteiger partial charge >= 0.3 is 0 Å². The van der Waals surface area contributed by atoms with Crippen LogP contribution in [0.2, 0.25) is 0 Å². The molecule has 1 heterocycles. The van der Waals surface area contributed by atoms with Crippen LogP contribution in [0.15, 0.2) is 6.33 Å². The van der Waals surface area contributed by atoms with Crippen molar-refractivity contribution in [2.75, 3.05) is 0 Å². The molecule has 0 aliphatic carbocycles. The van der Waals surface area contributed by atoms with Gasteiger partial charge in [0.25, 0.3) is 0 Å². The third kappa shape index (κ3) is 3.14. The molecule has 1 N–H and O–H groups in total. The Bertz CT molecular complexity index is 257. The van der Waals surface area contributed by atoms with Crippen molar-refractivity contribution in [2.24, 2.45) is 13.0 Å². The molecule has 2 unspecified atom stereocenters. The highest BCUT2D eigenvalue weighted by atomic mass is 16.3. The molecule has 74 valence electrons. The summed E-state index contributed by atoms with van der Waals surface area (Å²) in [5, 5.41) is 13.2. The molecule has 1 aromatic rings. The molecule has 2 atom stereocenters. The van der Waals surface area contributed by atoms with Crippen molar-refractivity contribution in [3.05, 3.63) is 12.2 Å². The molecule has 4 nitrogen and oxygen atoms in total. The molecule has 0 aliphatic heterocycles. The van der Waals surface area contributed by atoms with Crippen LogP contribution >= 0.6 is 0 Å². The fourth-order valence-corrected chi connectivity index (χ4v) is 1.48. The van der Waals surface area contributed by atoms with E-state index in [4.69, 9.17) is 0 Å². The zero-order valence-electron chi connectivity index (χ0n) is 8.44. The maximum atomic E-state index is 9.18. The molecule has 0 aromatic carbocycles. The fraction of sp³-hybridized carbons (Fsp3) is 0.778. The van der Waals surface area contributed by atoms with Gasteiger partial charge in [0.2, 0.25) is 0 Å². The third-order valence-corrected chi connectivity index (χ3v) is 2.08. The van der Waals surface area contributed by atoms with Gasteiger partial charge in [-0.2, -0.15) is 5.10 Å². The minimum Gasteiger partial charge on any atom is -0.393 e. The first-order valence-electron chi connectivity index (χ1n) is 4.60. The highest BCUT2D eigenvalue weighted by Crippen LogP contribution is 2.11. The second-order valence-electron chi connectivity index (χ2n) is 3.69. The Kier molecular flexibility index (Phi) is 3.42. The molecule has 0 saturated carbocycles. The van der Waals surface area contributed by atoms with Crippen LogP contribution in [0.25, 0.3) is 0 Å². The standard InChI is InChI=1S/C9H17N3O/c1-7(4-8(2)13)5-9-10-6-11-12(9)3/h6-8,13H,4-5H2,1-3H3. The zero-order chi connectivity index (χ0) is 9.84. The van der Waals surface area contributed by atoms with Gasteiger partial charge in [0, 0.05) is 13.5 Å². The molecule has 0 aliphatic rings. The summed E-state index contributed by atoms with van der Waals surface area (Å²) >= 11 is 0. The number of aliphatic hydroxyl groups is 1. The molecule has 4 heteroatoms. The van der Waals surface area contributed by atoms with Crippen molar-refractivity contribution >= 4 is 0 Å². The van der Waals surface area contributed by atoms with Gasteiger partial charge in [-0.1, -0.05) is 6.92 Å². The Hall–Kier alpha value is -0.900. The Morgan fingerprint density at radius 1 is 1.54 bits per heavy atom. The second-order valence-corrected chi connectivity index (χ2v) is 3.69. The second kappa shape index (κ2) is 4.37. The molecule has 0 fully saturated rings. The predicted octanol–water partition coefficient (Wildman–Crippen LogP) is 0.765. The average molecular weight is 183 g/mol. The fourth-order valence-electron chi connectivity index (χ4n) is 1.48. The molecular weight excluding hydrogens is 166 g/mol. The van der Waals surface area contributed by atoms with Crippen molar-refractivity contribution in [3.63, 3.8) is 0 Å². The van der Waals surface area contributed by atoms with Crippen LogP contribution in [0.5, 0.6) is 0 Å². The Morgan fingerprint density at radius 2 is 2.23 bits per heavy atom. The summed E-state index contributed by atoms with van der Waals surface area (Å²) in [5.41, 5.74) is 0. The monoisotopic (exact) mass is 183 g/mol. The van der Waals surface area contributed by atoms with Gasteiger partial charge < -0.3 is 5.11 Å². The number of rotatable bonds is 4. The lowest BCUT2D eigenvalue weighted by Crippen LogP contribution is -2.12. The molecule has 0 spiro atoms. The van der Waals surface area contributed by atoms with Crippen molar-refractivity contribution in [2.45, 2.75) is 32.8 Å². The summed E-state index contributed by atoms with van der Waals surface area (Å²) < 4.78 is 1.78. The molecular formula is C9H17N3O. The smallest absolute Gasteiger partial charge is 0.138 e. The van der Waals surface area contributed by atoms with Gasteiger partial charge in [0.15, 0.2) is 0 Å². The topological polar surface area (TPSA) is 50.9 Å². The van der Waals surface area contributed by atoms with Gasteiger partial charge in [0.1, 0.15) is 12.2 Å². The van der Waals surface area contributed by atoms with Crippen LogP contribution in [0.1, 0.15) is 26.1 Å². The molecule has 1 rings (SSSR count). The molecule has 1 aromatic heterocycles. The number of hydrogen-bond donors (Lipinski definition) is 1. The first-order valence-corrected chi connectivity index (χ1v) is 4.60. The van der Waals surface area contributed by atoms with Gasteiger partial charge in [-0.15, -0.1) is 0 Å². The predicted molar refractivity (Wildman–Crippen MR) is 50.2 cm³/mol. The number of aliphatic hydroxyl groups excluding tert-OH is 1. The quantitative estimate of drug-likeness (QED) is 0.750. The van der Waals surface area contributed by atoms with Crippen LogP contribution in [-0.2, 0) is 13.5 Å². The van der Waals surface area contributed by atoms with Crippen LogP contribution in [0, 0.1) is 5.92 Å². The Morgan fingerprint density at radius 3 is 2.69 bits per heavy atom. The summed E-state index contributed by atoms with van der Waals surface area (Å²) in [6, 6.07) is 0. The summed E-state index contributed by atoms with van der Waals surface area (Å²) in [6.45, 7) is 3.93. The summed E-state index contributed by atoms with van der Waals surface area (Å²) in [4.78, 5) is 4.13. The van der Waals surface area contributed by atoms with Gasteiger partial charge in [0.05, 0.1) is 6.10 Å². The average Bonchev–Trinajstić information content (AvgIpc) is 2.34. The van der Waals surface area contributed by atoms with Gasteiger partial charge in [-0.3, -0.25) is 4.68 Å². The number of aryl methyl sites for hydroxylation is 1. The highest BCUT2D eigenvalue weighted by Gasteiger charge is 2.10. The van der Waals surface area contributed by atoms with E-state index in [1.165, 1.54) is 0 Å². The molecule has 0 radical (unpaired) electrons. The Labute approximate surface area is 78.6 Å². The maximum absolute atomic E-state index is 9.18. The third-order valence-electron chi connectivity index (χ3n) is 2.08. The van der Waals surface area contributed by atoms with E-state index in [2.05, 4.69) is 17.0 Å². The van der Waals surface area contributed by atoms with E-state index in [0.717, 1.165) is 18.7 Å². The SMILES string of the molecule is CC(O)CC(C)Cc1ncnn1C. The van der Waals surface area contributed by atoms with Crippen molar-refractivity contribution in [3.8, 4) is 0 Å². The maximum Gasteiger partial charge on any atom is 0.138 e. The van der Waals surface area contributed by atoms with Crippen molar-refractivity contribution in [1.29, 1.82) is 0 Å². The highest BCUT2D eigenvalue weighted by molar-refractivity contribution is 4.85. The van der Waals surface area contributed by atoms with E-state index in [-0.39, 0.29) is 6.10 Å². The molecule has 0 bridgehead atoms. The minimum atomic E-state index is -0.233. The lowest BCUT2D eigenvalue weighted by Gasteiger charge is -2.11. The largest absolute Gasteiger partial charge is 0.393 e. The number of aromatic nitrogens is 3. The van der Waals surface area contributed by atoms with Crippen LogP contribution in [0.4, 0.5) is 0 Å². The minimum absolute atomic E-state index is 0.233. The van der Waals surface area contributed by atoms with Crippen molar-refractivity contribution < 1.29 is 5.11 Å². The molecule has 0 saturated heterocycles. The normalized spacial score (nSPS) is 15.7. The van der Waals surface area contributed by atoms with E-state index in [0.29, 0.717) is 5.92 Å². The lowest BCUT2D eigenvalue weighted by molar-refractivity contribution is 0.163. The van der Waals surface area contributed by atoms with Gasteiger partial charge in [-0.25, -0.2) is 4.98 Å². The first kappa shape index (κ1) is 10.2. The first-order chi connectivity index (χ1) is 6.09. The van der Waals surface area contributed by atoms with E-state index in [1.807, 2.05) is 14.0 Å².